The topological polar surface area (TPSA) is 99.0 Å². The van der Waals surface area contributed by atoms with Crippen molar-refractivity contribution in [3.63, 3.8) is 0 Å². The molecule has 1 aliphatic rings. The number of nitro groups is 1. The third-order valence-corrected chi connectivity index (χ3v) is 6.65. The van der Waals surface area contributed by atoms with Crippen LogP contribution in [0.25, 0.3) is 0 Å². The van der Waals surface area contributed by atoms with Gasteiger partial charge in [0.15, 0.2) is 0 Å². The lowest BCUT2D eigenvalue weighted by atomic mass is 9.92. The normalized spacial score (nSPS) is 16.3. The maximum atomic E-state index is 12.5. The number of hydrogen-bond donors (Lipinski definition) is 1. The van der Waals surface area contributed by atoms with Gasteiger partial charge >= 0.3 is 0 Å². The molecule has 1 N–H and O–H groups in total. The zero-order valence-electron chi connectivity index (χ0n) is 18.7. The first-order valence-electron chi connectivity index (χ1n) is 10.3. The second-order valence-corrected chi connectivity index (χ2v) is 11.0. The molecule has 0 bridgehead atoms. The predicted octanol–water partition coefficient (Wildman–Crippen LogP) is 1.99. The third-order valence-electron chi connectivity index (χ3n) is 5.20. The summed E-state index contributed by atoms with van der Waals surface area (Å²) in [7, 11) is -0.109. The molecule has 2 rings (SSSR count). The number of nitrogens with one attached hydrogen (secondary N) is 1. The summed E-state index contributed by atoms with van der Waals surface area (Å²) in [5.74, 6) is 0. The highest BCUT2D eigenvalue weighted by atomic mass is 32.2. The van der Waals surface area contributed by atoms with E-state index in [4.69, 9.17) is 0 Å². The Morgan fingerprint density at radius 2 is 1.80 bits per heavy atom. The Kier molecular flexibility index (Phi) is 8.20. The Morgan fingerprint density at radius 1 is 1.17 bits per heavy atom. The van der Waals surface area contributed by atoms with E-state index in [2.05, 4.69) is 30.4 Å². The summed E-state index contributed by atoms with van der Waals surface area (Å²) in [6.45, 7) is 11.5. The minimum Gasteiger partial charge on any atom is -0.363 e. The van der Waals surface area contributed by atoms with E-state index in [1.807, 2.05) is 23.9 Å². The molecule has 1 aromatic carbocycles. The van der Waals surface area contributed by atoms with Crippen LogP contribution < -0.4 is 9.62 Å². The van der Waals surface area contributed by atoms with Crippen molar-refractivity contribution < 1.29 is 13.3 Å². The van der Waals surface area contributed by atoms with Crippen LogP contribution in [0.3, 0.4) is 0 Å². The summed E-state index contributed by atoms with van der Waals surface area (Å²) in [6.07, 6.45) is 1.10. The highest BCUT2D eigenvalue weighted by Gasteiger charge is 2.27. The van der Waals surface area contributed by atoms with E-state index in [0.717, 1.165) is 26.1 Å². The van der Waals surface area contributed by atoms with E-state index < -0.39 is 14.9 Å². The van der Waals surface area contributed by atoms with Crippen LogP contribution in [0, 0.1) is 15.5 Å². The Morgan fingerprint density at radius 3 is 2.33 bits per heavy atom. The number of rotatable bonds is 9. The fourth-order valence-corrected chi connectivity index (χ4v) is 4.32. The lowest BCUT2D eigenvalue weighted by Crippen LogP contribution is -2.47. The van der Waals surface area contributed by atoms with Crippen molar-refractivity contribution in [3.8, 4) is 0 Å². The summed E-state index contributed by atoms with van der Waals surface area (Å²) < 4.78 is 27.5. The van der Waals surface area contributed by atoms with Crippen LogP contribution in [0.2, 0.25) is 0 Å². The number of nitro benzene ring substituents is 1. The van der Waals surface area contributed by atoms with Gasteiger partial charge in [-0.1, -0.05) is 20.8 Å². The van der Waals surface area contributed by atoms with Crippen molar-refractivity contribution in [2.24, 2.45) is 5.41 Å². The van der Waals surface area contributed by atoms with Crippen LogP contribution in [-0.2, 0) is 10.0 Å². The molecular formula is C20H35N5O4S. The van der Waals surface area contributed by atoms with Gasteiger partial charge in [-0.3, -0.25) is 15.0 Å². The molecule has 0 atom stereocenters. The fourth-order valence-electron chi connectivity index (χ4n) is 3.28. The van der Waals surface area contributed by atoms with Crippen molar-refractivity contribution >= 4 is 21.4 Å². The summed E-state index contributed by atoms with van der Waals surface area (Å²) in [6, 6.07) is 4.18. The van der Waals surface area contributed by atoms with Gasteiger partial charge in [0.1, 0.15) is 5.69 Å². The molecule has 0 amide bonds. The van der Waals surface area contributed by atoms with Crippen LogP contribution in [0.5, 0.6) is 0 Å². The van der Waals surface area contributed by atoms with E-state index in [9.17, 15) is 18.5 Å². The average Bonchev–Trinajstić information content (AvgIpc) is 2.65. The molecule has 9 nitrogen and oxygen atoms in total. The first-order valence-corrected chi connectivity index (χ1v) is 11.8. The zero-order valence-corrected chi connectivity index (χ0v) is 19.5. The highest BCUT2D eigenvalue weighted by Crippen LogP contribution is 2.31. The molecule has 30 heavy (non-hydrogen) atoms. The Hall–Kier alpha value is -1.75. The fraction of sp³-hybridized carbons (Fsp3) is 0.700. The minimum absolute atomic E-state index is 0.0829. The van der Waals surface area contributed by atoms with Crippen LogP contribution >= 0.6 is 0 Å². The monoisotopic (exact) mass is 441 g/mol. The van der Waals surface area contributed by atoms with Crippen LogP contribution in [-0.4, -0.2) is 83.0 Å². The van der Waals surface area contributed by atoms with E-state index >= 15 is 0 Å². The number of likely N-dealkylation sites (N-methyl/N-ethyl adjacent to an activating group) is 1. The van der Waals surface area contributed by atoms with E-state index in [1.54, 1.807) is 6.07 Å². The molecule has 0 unspecified atom stereocenters. The van der Waals surface area contributed by atoms with Gasteiger partial charge in [-0.15, -0.1) is 0 Å². The van der Waals surface area contributed by atoms with Gasteiger partial charge < -0.3 is 9.80 Å². The molecule has 0 saturated carbocycles. The largest absolute Gasteiger partial charge is 0.363 e. The Balaban J connectivity index is 2.10. The summed E-state index contributed by atoms with van der Waals surface area (Å²) >= 11 is 0. The predicted molar refractivity (Wildman–Crippen MR) is 120 cm³/mol. The molecule has 0 aliphatic carbocycles. The molecule has 1 aromatic rings. The van der Waals surface area contributed by atoms with Gasteiger partial charge in [-0.2, -0.15) is 0 Å². The summed E-state index contributed by atoms with van der Waals surface area (Å²) in [4.78, 5) is 17.3. The van der Waals surface area contributed by atoms with Crippen molar-refractivity contribution in [2.75, 3.05) is 64.8 Å². The van der Waals surface area contributed by atoms with Gasteiger partial charge in [-0.05, 0) is 44.6 Å². The molecular weight excluding hydrogens is 406 g/mol. The second-order valence-electron chi connectivity index (χ2n) is 9.25. The van der Waals surface area contributed by atoms with Crippen LogP contribution in [0.15, 0.2) is 23.1 Å². The first-order chi connectivity index (χ1) is 13.9. The average molecular weight is 442 g/mol. The molecule has 1 saturated heterocycles. The Bertz CT molecular complexity index is 828. The number of benzene rings is 1. The van der Waals surface area contributed by atoms with Gasteiger partial charge in [-0.25, -0.2) is 13.1 Å². The van der Waals surface area contributed by atoms with Gasteiger partial charge in [0.05, 0.1) is 9.82 Å². The molecule has 1 heterocycles. The van der Waals surface area contributed by atoms with Crippen molar-refractivity contribution in [3.05, 3.63) is 28.3 Å². The van der Waals surface area contributed by atoms with Crippen LogP contribution in [0.4, 0.5) is 11.4 Å². The van der Waals surface area contributed by atoms with E-state index in [0.29, 0.717) is 25.3 Å². The number of sulfonamides is 1. The van der Waals surface area contributed by atoms with Crippen LogP contribution in [0.1, 0.15) is 27.2 Å². The molecule has 1 fully saturated rings. The van der Waals surface area contributed by atoms with E-state index in [-0.39, 0.29) is 22.5 Å². The minimum atomic E-state index is -3.80. The van der Waals surface area contributed by atoms with E-state index in [1.165, 1.54) is 12.1 Å². The molecule has 1 aliphatic heterocycles. The van der Waals surface area contributed by atoms with Gasteiger partial charge in [0.2, 0.25) is 10.0 Å². The smallest absolute Gasteiger partial charge is 0.293 e. The quantitative estimate of drug-likeness (QED) is 0.462. The summed E-state index contributed by atoms with van der Waals surface area (Å²) in [5.41, 5.74) is 0.578. The second kappa shape index (κ2) is 10.0. The van der Waals surface area contributed by atoms with Gasteiger partial charge in [0.25, 0.3) is 5.69 Å². The van der Waals surface area contributed by atoms with Crippen molar-refractivity contribution in [1.82, 2.24) is 14.5 Å². The first kappa shape index (κ1) is 24.5. The number of nitrogens with zero attached hydrogens (tertiary/aromatic N) is 4. The van der Waals surface area contributed by atoms with Gasteiger partial charge in [0, 0.05) is 45.3 Å². The molecule has 0 aromatic heterocycles. The third kappa shape index (κ3) is 7.19. The lowest BCUT2D eigenvalue weighted by Gasteiger charge is -2.36. The number of hydrogen-bond acceptors (Lipinski definition) is 7. The molecule has 0 radical (unpaired) electrons. The SMILES string of the molecule is CN(C)CCNS(=O)(=O)c1ccc(N2CCN(CCC(C)(C)C)CC2)c([N+](=O)[O-])c1. The Labute approximate surface area is 180 Å². The highest BCUT2D eigenvalue weighted by molar-refractivity contribution is 7.89. The maximum absolute atomic E-state index is 12.5. The molecule has 0 spiro atoms. The standard InChI is InChI=1S/C20H35N5O4S/c1-20(2,3)8-10-23-12-14-24(15-13-23)18-7-6-17(16-19(18)25(26)27)30(28,29)21-9-11-22(4)5/h6-7,16,21H,8-15H2,1-5H3. The maximum Gasteiger partial charge on any atom is 0.293 e. The molecule has 170 valence electrons. The summed E-state index contributed by atoms with van der Waals surface area (Å²) in [5, 5.41) is 11.7. The number of anilines is 1. The molecule has 10 heteroatoms. The number of piperazine rings is 1. The van der Waals surface area contributed by atoms with Crippen molar-refractivity contribution in [2.45, 2.75) is 32.1 Å². The zero-order chi connectivity index (χ0) is 22.5. The lowest BCUT2D eigenvalue weighted by molar-refractivity contribution is -0.384. The van der Waals surface area contributed by atoms with Crippen molar-refractivity contribution in [1.29, 1.82) is 0 Å².